The Bertz CT molecular complexity index is 348. The number of ether oxygens (including phenoxy) is 2. The SMILES string of the molecule is CNCCC=Cc1ccc(OC)c(OC)c1. The second kappa shape index (κ2) is 6.90. The van der Waals surface area contributed by atoms with E-state index >= 15 is 0 Å². The molecular weight excluding hydrogens is 202 g/mol. The van der Waals surface area contributed by atoms with E-state index in [1.54, 1.807) is 14.2 Å². The van der Waals surface area contributed by atoms with Crippen LogP contribution >= 0.6 is 0 Å². The van der Waals surface area contributed by atoms with Crippen LogP contribution in [0.3, 0.4) is 0 Å². The van der Waals surface area contributed by atoms with Gasteiger partial charge in [0.15, 0.2) is 11.5 Å². The standard InChI is InChI=1S/C13H19NO2/c1-14-9-5-4-6-11-7-8-12(15-2)13(10-11)16-3/h4,6-8,10,14H,5,9H2,1-3H3. The van der Waals surface area contributed by atoms with Crippen molar-refractivity contribution in [1.82, 2.24) is 5.32 Å². The molecule has 0 atom stereocenters. The smallest absolute Gasteiger partial charge is 0.161 e. The molecule has 0 amide bonds. The highest BCUT2D eigenvalue weighted by atomic mass is 16.5. The quantitative estimate of drug-likeness (QED) is 0.748. The molecule has 0 saturated heterocycles. The van der Waals surface area contributed by atoms with Crippen LogP contribution in [-0.2, 0) is 0 Å². The van der Waals surface area contributed by atoms with Gasteiger partial charge in [-0.1, -0.05) is 18.2 Å². The minimum atomic E-state index is 0.759. The molecule has 0 aliphatic heterocycles. The van der Waals surface area contributed by atoms with Crippen LogP contribution in [0.2, 0.25) is 0 Å². The summed E-state index contributed by atoms with van der Waals surface area (Å²) in [6, 6.07) is 5.89. The topological polar surface area (TPSA) is 30.5 Å². The lowest BCUT2D eigenvalue weighted by molar-refractivity contribution is 0.355. The molecule has 0 unspecified atom stereocenters. The van der Waals surface area contributed by atoms with Gasteiger partial charge in [0.1, 0.15) is 0 Å². The van der Waals surface area contributed by atoms with Crippen molar-refractivity contribution < 1.29 is 9.47 Å². The number of nitrogens with one attached hydrogen (secondary N) is 1. The van der Waals surface area contributed by atoms with E-state index in [9.17, 15) is 0 Å². The van der Waals surface area contributed by atoms with E-state index in [1.807, 2.05) is 25.2 Å². The van der Waals surface area contributed by atoms with E-state index in [0.29, 0.717) is 0 Å². The molecule has 0 aliphatic rings. The van der Waals surface area contributed by atoms with Gasteiger partial charge in [-0.15, -0.1) is 0 Å². The third kappa shape index (κ3) is 3.59. The van der Waals surface area contributed by atoms with E-state index < -0.39 is 0 Å². The van der Waals surface area contributed by atoms with Gasteiger partial charge in [-0.25, -0.2) is 0 Å². The average molecular weight is 221 g/mol. The molecule has 1 aromatic rings. The van der Waals surface area contributed by atoms with Crippen LogP contribution in [-0.4, -0.2) is 27.8 Å². The number of rotatable bonds is 6. The van der Waals surface area contributed by atoms with Gasteiger partial charge in [0, 0.05) is 0 Å². The normalized spacial score (nSPS) is 10.7. The molecule has 0 bridgehead atoms. The summed E-state index contributed by atoms with van der Waals surface area (Å²) in [5.41, 5.74) is 1.12. The van der Waals surface area contributed by atoms with Crippen molar-refractivity contribution in [1.29, 1.82) is 0 Å². The third-order valence-electron chi connectivity index (χ3n) is 2.28. The van der Waals surface area contributed by atoms with Crippen molar-refractivity contribution in [2.24, 2.45) is 0 Å². The molecule has 0 saturated carbocycles. The lowest BCUT2D eigenvalue weighted by Crippen LogP contribution is -2.05. The number of hydrogen-bond donors (Lipinski definition) is 1. The minimum absolute atomic E-state index is 0.759. The highest BCUT2D eigenvalue weighted by Crippen LogP contribution is 2.27. The van der Waals surface area contributed by atoms with E-state index in [1.165, 1.54) is 0 Å². The Morgan fingerprint density at radius 1 is 1.19 bits per heavy atom. The predicted molar refractivity (Wildman–Crippen MR) is 67.1 cm³/mol. The highest BCUT2D eigenvalue weighted by molar-refractivity contribution is 5.55. The van der Waals surface area contributed by atoms with Gasteiger partial charge in [0.25, 0.3) is 0 Å². The molecule has 0 radical (unpaired) electrons. The molecule has 0 fully saturated rings. The van der Waals surface area contributed by atoms with Crippen LogP contribution < -0.4 is 14.8 Å². The molecular formula is C13H19NO2. The first-order chi connectivity index (χ1) is 7.81. The van der Waals surface area contributed by atoms with Crippen molar-refractivity contribution in [3.05, 3.63) is 29.8 Å². The predicted octanol–water partition coefficient (Wildman–Crippen LogP) is 2.33. The van der Waals surface area contributed by atoms with Gasteiger partial charge in [-0.05, 0) is 37.7 Å². The zero-order valence-electron chi connectivity index (χ0n) is 10.1. The number of methoxy groups -OCH3 is 2. The third-order valence-corrected chi connectivity index (χ3v) is 2.28. The van der Waals surface area contributed by atoms with Gasteiger partial charge in [0.05, 0.1) is 14.2 Å². The van der Waals surface area contributed by atoms with Gasteiger partial charge >= 0.3 is 0 Å². The molecule has 0 aliphatic carbocycles. The van der Waals surface area contributed by atoms with Crippen molar-refractivity contribution in [3.63, 3.8) is 0 Å². The Labute approximate surface area is 97.1 Å². The Hall–Kier alpha value is -1.48. The molecule has 3 nitrogen and oxygen atoms in total. The molecule has 1 rings (SSSR count). The summed E-state index contributed by atoms with van der Waals surface area (Å²) in [7, 11) is 5.23. The fraction of sp³-hybridized carbons (Fsp3) is 0.385. The Morgan fingerprint density at radius 2 is 1.94 bits per heavy atom. The zero-order valence-corrected chi connectivity index (χ0v) is 10.1. The van der Waals surface area contributed by atoms with Crippen LogP contribution in [0.1, 0.15) is 12.0 Å². The van der Waals surface area contributed by atoms with E-state index in [-0.39, 0.29) is 0 Å². The van der Waals surface area contributed by atoms with E-state index in [0.717, 1.165) is 30.0 Å². The van der Waals surface area contributed by atoms with Gasteiger partial charge in [0.2, 0.25) is 0 Å². The number of benzene rings is 1. The molecule has 0 heterocycles. The second-order valence-electron chi connectivity index (χ2n) is 3.41. The monoisotopic (exact) mass is 221 g/mol. The van der Waals surface area contributed by atoms with Crippen molar-refractivity contribution >= 4 is 6.08 Å². The largest absolute Gasteiger partial charge is 0.493 e. The molecule has 3 heteroatoms. The summed E-state index contributed by atoms with van der Waals surface area (Å²) in [5, 5.41) is 3.10. The molecule has 16 heavy (non-hydrogen) atoms. The first kappa shape index (κ1) is 12.6. The Balaban J connectivity index is 2.71. The summed E-state index contributed by atoms with van der Waals surface area (Å²) < 4.78 is 10.4. The Morgan fingerprint density at radius 3 is 2.56 bits per heavy atom. The van der Waals surface area contributed by atoms with Crippen molar-refractivity contribution in [2.75, 3.05) is 27.8 Å². The maximum atomic E-state index is 5.23. The molecule has 0 aromatic heterocycles. The van der Waals surface area contributed by atoms with Crippen LogP contribution in [0.25, 0.3) is 6.08 Å². The summed E-state index contributed by atoms with van der Waals surface area (Å²) in [5.74, 6) is 1.52. The first-order valence-corrected chi connectivity index (χ1v) is 5.35. The van der Waals surface area contributed by atoms with Crippen molar-refractivity contribution in [2.45, 2.75) is 6.42 Å². The van der Waals surface area contributed by atoms with Crippen LogP contribution in [0.15, 0.2) is 24.3 Å². The first-order valence-electron chi connectivity index (χ1n) is 5.35. The summed E-state index contributed by atoms with van der Waals surface area (Å²) in [6.07, 6.45) is 5.24. The number of hydrogen-bond acceptors (Lipinski definition) is 3. The summed E-state index contributed by atoms with van der Waals surface area (Å²) in [4.78, 5) is 0. The average Bonchev–Trinajstić information content (AvgIpc) is 2.34. The molecule has 1 N–H and O–H groups in total. The van der Waals surface area contributed by atoms with Gasteiger partial charge in [-0.3, -0.25) is 0 Å². The van der Waals surface area contributed by atoms with Gasteiger partial charge < -0.3 is 14.8 Å². The van der Waals surface area contributed by atoms with Crippen LogP contribution in [0.4, 0.5) is 0 Å². The zero-order chi connectivity index (χ0) is 11.8. The Kier molecular flexibility index (Phi) is 5.43. The minimum Gasteiger partial charge on any atom is -0.493 e. The lowest BCUT2D eigenvalue weighted by atomic mass is 10.2. The van der Waals surface area contributed by atoms with Gasteiger partial charge in [-0.2, -0.15) is 0 Å². The molecule has 0 spiro atoms. The molecule has 1 aromatic carbocycles. The maximum Gasteiger partial charge on any atom is 0.161 e. The second-order valence-corrected chi connectivity index (χ2v) is 3.41. The van der Waals surface area contributed by atoms with E-state index in [4.69, 9.17) is 9.47 Å². The fourth-order valence-electron chi connectivity index (χ4n) is 1.40. The van der Waals surface area contributed by atoms with Crippen LogP contribution in [0, 0.1) is 0 Å². The fourth-order valence-corrected chi connectivity index (χ4v) is 1.40. The van der Waals surface area contributed by atoms with Crippen molar-refractivity contribution in [3.8, 4) is 11.5 Å². The van der Waals surface area contributed by atoms with Crippen LogP contribution in [0.5, 0.6) is 11.5 Å². The maximum absolute atomic E-state index is 5.23. The van der Waals surface area contributed by atoms with E-state index in [2.05, 4.69) is 17.5 Å². The lowest BCUT2D eigenvalue weighted by Gasteiger charge is -2.07. The molecule has 88 valence electrons. The summed E-state index contributed by atoms with van der Waals surface area (Å²) in [6.45, 7) is 0.990. The summed E-state index contributed by atoms with van der Waals surface area (Å²) >= 11 is 0. The highest BCUT2D eigenvalue weighted by Gasteiger charge is 2.01.